The molecule has 1 aromatic heterocycles. The topological polar surface area (TPSA) is 89.0 Å². The molecule has 0 aliphatic rings. The molecule has 124 valence electrons. The number of hydrogen-bond donors (Lipinski definition) is 1. The monoisotopic (exact) mass is 361 g/mol. The predicted molar refractivity (Wildman–Crippen MR) is 93.9 cm³/mol. The van der Waals surface area contributed by atoms with Gasteiger partial charge in [0.25, 0.3) is 0 Å². The maximum atomic E-state index is 12.6. The van der Waals surface area contributed by atoms with Crippen LogP contribution in [-0.2, 0) is 21.1 Å². The van der Waals surface area contributed by atoms with Crippen molar-refractivity contribution in [2.24, 2.45) is 0 Å². The highest BCUT2D eigenvalue weighted by Gasteiger charge is 2.23. The summed E-state index contributed by atoms with van der Waals surface area (Å²) in [5.41, 5.74) is 2.41. The molecular formula is C16H15N3O3S2. The number of carbonyl (C=O) groups excluding carboxylic acids is 1. The molecule has 0 bridgehead atoms. The second-order valence-electron chi connectivity index (χ2n) is 5.21. The molecule has 0 saturated heterocycles. The number of hydrogen-bond acceptors (Lipinski definition) is 6. The van der Waals surface area contributed by atoms with Crippen LogP contribution in [0.4, 0.5) is 5.69 Å². The number of aryl methyl sites for hydroxylation is 1. The number of amides is 1. The van der Waals surface area contributed by atoms with Crippen molar-refractivity contribution in [3.05, 3.63) is 48.0 Å². The first-order valence-corrected chi connectivity index (χ1v) is 9.71. The fourth-order valence-electron chi connectivity index (χ4n) is 2.42. The first-order valence-electron chi connectivity index (χ1n) is 7.33. The van der Waals surface area contributed by atoms with Crippen molar-refractivity contribution < 1.29 is 13.2 Å². The molecule has 8 heteroatoms. The Labute approximate surface area is 143 Å². The van der Waals surface area contributed by atoms with Crippen LogP contribution in [0.3, 0.4) is 0 Å². The Balaban J connectivity index is 1.84. The second-order valence-corrected chi connectivity index (χ2v) is 7.69. The number of nitrogens with zero attached hydrogens (tertiary/aromatic N) is 2. The number of carbonyl (C=O) groups is 1. The first-order chi connectivity index (χ1) is 11.5. The molecule has 3 aromatic rings. The first kappa shape index (κ1) is 16.5. The molecule has 0 radical (unpaired) electrons. The molecule has 0 unspecified atom stereocenters. The van der Waals surface area contributed by atoms with Crippen molar-refractivity contribution in [2.45, 2.75) is 18.2 Å². The van der Waals surface area contributed by atoms with E-state index in [-0.39, 0.29) is 4.90 Å². The molecule has 0 saturated carbocycles. The molecule has 24 heavy (non-hydrogen) atoms. The highest BCUT2D eigenvalue weighted by Crippen LogP contribution is 2.22. The largest absolute Gasteiger partial charge is 0.325 e. The Hall–Kier alpha value is -2.32. The summed E-state index contributed by atoms with van der Waals surface area (Å²) in [6.45, 7) is 1.97. The van der Waals surface area contributed by atoms with Gasteiger partial charge in [0.2, 0.25) is 5.91 Å². The standard InChI is InChI=1S/C16H15N3O3S2/c1-2-11-6-3-4-7-12(11)17-15(20)10-24(21,22)14-9-5-8-13-16(14)19-23-18-13/h3-9H,2,10H2,1H3,(H,17,20). The minimum Gasteiger partial charge on any atom is -0.325 e. The minimum absolute atomic E-state index is 0.0349. The third-order valence-electron chi connectivity index (χ3n) is 3.58. The summed E-state index contributed by atoms with van der Waals surface area (Å²) in [6.07, 6.45) is 0.743. The fraction of sp³-hybridized carbons (Fsp3) is 0.188. The zero-order valence-electron chi connectivity index (χ0n) is 12.9. The van der Waals surface area contributed by atoms with E-state index in [9.17, 15) is 13.2 Å². The van der Waals surface area contributed by atoms with Gasteiger partial charge in [-0.05, 0) is 30.2 Å². The van der Waals surface area contributed by atoms with Gasteiger partial charge >= 0.3 is 0 Å². The van der Waals surface area contributed by atoms with Crippen LogP contribution in [0.1, 0.15) is 12.5 Å². The Morgan fingerprint density at radius 2 is 1.92 bits per heavy atom. The van der Waals surface area contributed by atoms with Crippen molar-refractivity contribution in [1.29, 1.82) is 0 Å². The van der Waals surface area contributed by atoms with Crippen LogP contribution >= 0.6 is 11.7 Å². The zero-order valence-corrected chi connectivity index (χ0v) is 14.5. The van der Waals surface area contributed by atoms with Crippen molar-refractivity contribution in [3.8, 4) is 0 Å². The quantitative estimate of drug-likeness (QED) is 0.755. The summed E-state index contributed by atoms with van der Waals surface area (Å²) < 4.78 is 33.2. The Morgan fingerprint density at radius 3 is 2.71 bits per heavy atom. The number of benzene rings is 2. The van der Waals surface area contributed by atoms with Gasteiger partial charge in [0.15, 0.2) is 9.84 Å². The average Bonchev–Trinajstić information content (AvgIpc) is 3.03. The summed E-state index contributed by atoms with van der Waals surface area (Å²) in [7, 11) is -3.80. The van der Waals surface area contributed by atoms with Crippen molar-refractivity contribution >= 4 is 44.2 Å². The summed E-state index contributed by atoms with van der Waals surface area (Å²) in [5, 5.41) is 2.68. The summed E-state index contributed by atoms with van der Waals surface area (Å²) in [6, 6.07) is 12.1. The number of nitrogens with one attached hydrogen (secondary N) is 1. The zero-order chi connectivity index (χ0) is 17.2. The van der Waals surface area contributed by atoms with E-state index in [0.29, 0.717) is 16.7 Å². The highest BCUT2D eigenvalue weighted by molar-refractivity contribution is 7.92. The van der Waals surface area contributed by atoms with Crippen LogP contribution in [0.5, 0.6) is 0 Å². The lowest BCUT2D eigenvalue weighted by molar-refractivity contribution is -0.113. The van der Waals surface area contributed by atoms with Gasteiger partial charge in [-0.3, -0.25) is 4.79 Å². The minimum atomic E-state index is -3.80. The Bertz CT molecular complexity index is 996. The van der Waals surface area contributed by atoms with Crippen LogP contribution < -0.4 is 5.32 Å². The van der Waals surface area contributed by atoms with Crippen LogP contribution in [0, 0.1) is 0 Å². The number of fused-ring (bicyclic) bond motifs is 1. The molecular weight excluding hydrogens is 346 g/mol. The van der Waals surface area contributed by atoms with Crippen LogP contribution in [0.2, 0.25) is 0 Å². The summed E-state index contributed by atoms with van der Waals surface area (Å²) in [5.74, 6) is -1.21. The van der Waals surface area contributed by atoms with Crippen molar-refractivity contribution in [2.75, 3.05) is 11.1 Å². The van der Waals surface area contributed by atoms with Crippen LogP contribution in [-0.4, -0.2) is 28.8 Å². The van der Waals surface area contributed by atoms with Gasteiger partial charge in [0.1, 0.15) is 16.8 Å². The molecule has 0 spiro atoms. The second kappa shape index (κ2) is 6.66. The molecule has 1 N–H and O–H groups in total. The van der Waals surface area contributed by atoms with E-state index in [4.69, 9.17) is 0 Å². The van der Waals surface area contributed by atoms with Gasteiger partial charge in [0, 0.05) is 5.69 Å². The lowest BCUT2D eigenvalue weighted by Gasteiger charge is -2.10. The summed E-state index contributed by atoms with van der Waals surface area (Å²) in [4.78, 5) is 12.3. The van der Waals surface area contributed by atoms with Gasteiger partial charge in [-0.2, -0.15) is 8.75 Å². The van der Waals surface area contributed by atoms with Gasteiger partial charge in [-0.25, -0.2) is 8.42 Å². The maximum Gasteiger partial charge on any atom is 0.239 e. The smallest absolute Gasteiger partial charge is 0.239 e. The summed E-state index contributed by atoms with van der Waals surface area (Å²) >= 11 is 0.945. The van der Waals surface area contributed by atoms with Gasteiger partial charge < -0.3 is 5.32 Å². The lowest BCUT2D eigenvalue weighted by atomic mass is 10.1. The number of sulfone groups is 1. The molecule has 0 aliphatic carbocycles. The third kappa shape index (κ3) is 3.29. The highest BCUT2D eigenvalue weighted by atomic mass is 32.2. The maximum absolute atomic E-state index is 12.6. The number of para-hydroxylation sites is 1. The van der Waals surface area contributed by atoms with E-state index in [0.717, 1.165) is 23.7 Å². The normalized spacial score (nSPS) is 11.5. The Morgan fingerprint density at radius 1 is 1.12 bits per heavy atom. The molecule has 2 aromatic carbocycles. The lowest BCUT2D eigenvalue weighted by Crippen LogP contribution is -2.23. The van der Waals surface area contributed by atoms with E-state index < -0.39 is 21.5 Å². The fourth-order valence-corrected chi connectivity index (χ4v) is 4.33. The number of anilines is 1. The van der Waals surface area contributed by atoms with Crippen LogP contribution in [0.25, 0.3) is 11.0 Å². The SMILES string of the molecule is CCc1ccccc1NC(=O)CS(=O)(=O)c1cccc2nsnc12. The molecule has 0 fully saturated rings. The van der Waals surface area contributed by atoms with E-state index in [1.165, 1.54) is 6.07 Å². The van der Waals surface area contributed by atoms with Gasteiger partial charge in [0.05, 0.1) is 16.6 Å². The number of aromatic nitrogens is 2. The van der Waals surface area contributed by atoms with E-state index in [1.54, 1.807) is 24.3 Å². The Kier molecular flexibility index (Phi) is 4.59. The van der Waals surface area contributed by atoms with E-state index in [1.807, 2.05) is 19.1 Å². The van der Waals surface area contributed by atoms with E-state index >= 15 is 0 Å². The van der Waals surface area contributed by atoms with Crippen molar-refractivity contribution in [1.82, 2.24) is 8.75 Å². The van der Waals surface area contributed by atoms with Crippen molar-refractivity contribution in [3.63, 3.8) is 0 Å². The van der Waals surface area contributed by atoms with Crippen LogP contribution in [0.15, 0.2) is 47.4 Å². The van der Waals surface area contributed by atoms with E-state index in [2.05, 4.69) is 14.1 Å². The van der Waals surface area contributed by atoms with Gasteiger partial charge in [-0.1, -0.05) is 31.2 Å². The molecule has 6 nitrogen and oxygen atoms in total. The molecule has 0 atom stereocenters. The van der Waals surface area contributed by atoms with Gasteiger partial charge in [-0.15, -0.1) is 0 Å². The molecule has 1 heterocycles. The predicted octanol–water partition coefficient (Wildman–Crippen LogP) is 2.67. The third-order valence-corrected chi connectivity index (χ3v) is 5.76. The molecule has 3 rings (SSSR count). The number of rotatable bonds is 5. The molecule has 0 aliphatic heterocycles. The molecule has 1 amide bonds. The average molecular weight is 361 g/mol.